The third kappa shape index (κ3) is 3.88. The molecule has 1 amide bonds. The maximum atomic E-state index is 13.7. The van der Waals surface area contributed by atoms with E-state index in [0.29, 0.717) is 17.4 Å². The van der Waals surface area contributed by atoms with Crippen LogP contribution in [0.25, 0.3) is 10.9 Å². The fourth-order valence-corrected chi connectivity index (χ4v) is 4.34. The molecule has 1 aliphatic rings. The Morgan fingerprint density at radius 3 is 2.57 bits per heavy atom. The Bertz CT molecular complexity index is 968. The van der Waals surface area contributed by atoms with Crippen LogP contribution in [0.4, 0.5) is 4.39 Å². The van der Waals surface area contributed by atoms with Crippen molar-refractivity contribution in [2.24, 2.45) is 5.92 Å². The van der Waals surface area contributed by atoms with Crippen LogP contribution in [0.3, 0.4) is 0 Å². The van der Waals surface area contributed by atoms with E-state index in [1.807, 2.05) is 12.3 Å². The third-order valence-corrected chi connectivity index (χ3v) is 5.96. The lowest BCUT2D eigenvalue weighted by atomic mass is 9.75. The molecule has 1 N–H and O–H groups in total. The van der Waals surface area contributed by atoms with Crippen LogP contribution in [-0.2, 0) is 0 Å². The molecule has 144 valence electrons. The number of halogens is 1. The predicted molar refractivity (Wildman–Crippen MR) is 108 cm³/mol. The van der Waals surface area contributed by atoms with Gasteiger partial charge >= 0.3 is 0 Å². The molecule has 4 nitrogen and oxygen atoms in total. The first-order chi connectivity index (χ1) is 13.6. The van der Waals surface area contributed by atoms with Gasteiger partial charge < -0.3 is 5.32 Å². The lowest BCUT2D eigenvalue weighted by molar-refractivity contribution is 0.0917. The molecular weight excluding hydrogens is 353 g/mol. The van der Waals surface area contributed by atoms with E-state index >= 15 is 0 Å². The average molecular weight is 377 g/mol. The quantitative estimate of drug-likeness (QED) is 0.706. The molecule has 1 saturated carbocycles. The van der Waals surface area contributed by atoms with Crippen molar-refractivity contribution in [2.45, 2.75) is 44.6 Å². The summed E-state index contributed by atoms with van der Waals surface area (Å²) in [6.07, 6.45) is 9.24. The number of aromatic nitrogens is 2. The van der Waals surface area contributed by atoms with Gasteiger partial charge in [-0.25, -0.2) is 4.39 Å². The summed E-state index contributed by atoms with van der Waals surface area (Å²) in [6.45, 7) is 2.08. The maximum Gasteiger partial charge on any atom is 0.251 e. The van der Waals surface area contributed by atoms with Crippen molar-refractivity contribution in [3.05, 3.63) is 71.9 Å². The van der Waals surface area contributed by atoms with Gasteiger partial charge in [0.2, 0.25) is 0 Å². The van der Waals surface area contributed by atoms with Crippen molar-refractivity contribution in [3.8, 4) is 0 Å². The van der Waals surface area contributed by atoms with Gasteiger partial charge in [0.1, 0.15) is 5.82 Å². The van der Waals surface area contributed by atoms with Gasteiger partial charge in [-0.15, -0.1) is 0 Å². The van der Waals surface area contributed by atoms with E-state index in [-0.39, 0.29) is 17.8 Å². The summed E-state index contributed by atoms with van der Waals surface area (Å²) in [5.74, 6) is 0.592. The molecule has 0 bridgehead atoms. The minimum Gasteiger partial charge on any atom is -0.349 e. The highest BCUT2D eigenvalue weighted by molar-refractivity contribution is 5.94. The number of fused-ring (bicyclic) bond motifs is 1. The molecule has 3 aromatic rings. The van der Waals surface area contributed by atoms with Crippen LogP contribution in [0.2, 0.25) is 0 Å². The number of hydrogen-bond donors (Lipinski definition) is 1. The third-order valence-electron chi connectivity index (χ3n) is 5.96. The highest BCUT2D eigenvalue weighted by atomic mass is 19.1. The van der Waals surface area contributed by atoms with Crippen LogP contribution in [0.1, 0.15) is 54.4 Å². The Balaban J connectivity index is 1.41. The van der Waals surface area contributed by atoms with Crippen LogP contribution in [0.15, 0.2) is 55.0 Å². The zero-order valence-electron chi connectivity index (χ0n) is 15.9. The van der Waals surface area contributed by atoms with Crippen LogP contribution < -0.4 is 5.32 Å². The largest absolute Gasteiger partial charge is 0.349 e. The first-order valence-corrected chi connectivity index (χ1v) is 9.87. The number of carbonyl (C=O) groups excluding carboxylic acids is 1. The fraction of sp³-hybridized carbons (Fsp3) is 0.348. The smallest absolute Gasteiger partial charge is 0.251 e. The normalized spacial score (nSPS) is 20.6. The molecule has 0 radical (unpaired) electrons. The van der Waals surface area contributed by atoms with Crippen LogP contribution in [0.5, 0.6) is 0 Å². The number of nitrogens with one attached hydrogen (secondary N) is 1. The predicted octanol–water partition coefficient (Wildman–Crippen LogP) is 4.86. The van der Waals surface area contributed by atoms with Crippen molar-refractivity contribution in [1.29, 1.82) is 0 Å². The Morgan fingerprint density at radius 2 is 1.82 bits per heavy atom. The van der Waals surface area contributed by atoms with Gasteiger partial charge in [-0.05, 0) is 86.4 Å². The maximum absolute atomic E-state index is 13.7. The van der Waals surface area contributed by atoms with E-state index < -0.39 is 0 Å². The molecule has 1 aromatic carbocycles. The Kier molecular flexibility index (Phi) is 5.33. The lowest BCUT2D eigenvalue weighted by Gasteiger charge is -2.33. The van der Waals surface area contributed by atoms with Crippen molar-refractivity contribution in [3.63, 3.8) is 0 Å². The topological polar surface area (TPSA) is 54.9 Å². The summed E-state index contributed by atoms with van der Waals surface area (Å²) in [5, 5.41) is 4.05. The van der Waals surface area contributed by atoms with E-state index in [4.69, 9.17) is 0 Å². The molecule has 4 rings (SSSR count). The number of benzene rings is 1. The molecule has 0 spiro atoms. The second-order valence-corrected chi connectivity index (χ2v) is 7.67. The van der Waals surface area contributed by atoms with E-state index in [1.165, 1.54) is 11.6 Å². The van der Waals surface area contributed by atoms with Crippen molar-refractivity contribution < 1.29 is 9.18 Å². The standard InChI is InChI=1S/C23H24FN3O/c1-15(27-23(28)18-8-11-25-12-9-18)16-2-4-17(5-3-16)20-10-13-26-22-7-6-19(24)14-21(20)22/h6-17H,2-5H2,1H3,(H,27,28). The van der Waals surface area contributed by atoms with E-state index in [9.17, 15) is 9.18 Å². The number of rotatable bonds is 4. The van der Waals surface area contributed by atoms with Gasteiger partial charge in [-0.2, -0.15) is 0 Å². The zero-order chi connectivity index (χ0) is 19.5. The number of carbonyl (C=O) groups is 1. The molecule has 0 saturated heterocycles. The summed E-state index contributed by atoms with van der Waals surface area (Å²) in [4.78, 5) is 20.7. The number of nitrogens with zero attached hydrogens (tertiary/aromatic N) is 2. The summed E-state index contributed by atoms with van der Waals surface area (Å²) in [7, 11) is 0. The minimum absolute atomic E-state index is 0.0485. The molecule has 5 heteroatoms. The zero-order valence-corrected chi connectivity index (χ0v) is 15.9. The van der Waals surface area contributed by atoms with Crippen molar-refractivity contribution in [1.82, 2.24) is 15.3 Å². The molecule has 1 atom stereocenters. The average Bonchev–Trinajstić information content (AvgIpc) is 2.74. The number of hydrogen-bond acceptors (Lipinski definition) is 3. The van der Waals surface area contributed by atoms with Crippen molar-refractivity contribution >= 4 is 16.8 Å². The Labute approximate surface area is 164 Å². The summed E-state index contributed by atoms with van der Waals surface area (Å²) >= 11 is 0. The molecule has 1 unspecified atom stereocenters. The van der Waals surface area contributed by atoms with Gasteiger partial charge in [0, 0.05) is 35.6 Å². The number of amides is 1. The van der Waals surface area contributed by atoms with Gasteiger partial charge in [0.25, 0.3) is 5.91 Å². The lowest BCUT2D eigenvalue weighted by Crippen LogP contribution is -2.39. The summed E-state index contributed by atoms with van der Waals surface area (Å²) in [5.41, 5.74) is 2.68. The summed E-state index contributed by atoms with van der Waals surface area (Å²) < 4.78 is 13.7. The Morgan fingerprint density at radius 1 is 1.07 bits per heavy atom. The highest BCUT2D eigenvalue weighted by Gasteiger charge is 2.28. The molecule has 28 heavy (non-hydrogen) atoms. The highest BCUT2D eigenvalue weighted by Crippen LogP contribution is 2.39. The van der Waals surface area contributed by atoms with Crippen LogP contribution in [0, 0.1) is 11.7 Å². The molecule has 2 heterocycles. The second-order valence-electron chi connectivity index (χ2n) is 7.67. The minimum atomic E-state index is -0.220. The van der Waals surface area contributed by atoms with Gasteiger partial charge in [0.15, 0.2) is 0 Å². The SMILES string of the molecule is CC(NC(=O)c1ccncc1)C1CCC(c2ccnc3ccc(F)cc23)CC1. The van der Waals surface area contributed by atoms with Crippen LogP contribution >= 0.6 is 0 Å². The van der Waals surface area contributed by atoms with Crippen molar-refractivity contribution in [2.75, 3.05) is 0 Å². The molecule has 2 aromatic heterocycles. The van der Waals surface area contributed by atoms with Gasteiger partial charge in [-0.3, -0.25) is 14.8 Å². The number of pyridine rings is 2. The first-order valence-electron chi connectivity index (χ1n) is 9.87. The molecular formula is C23H24FN3O. The Hall–Kier alpha value is -2.82. The fourth-order valence-electron chi connectivity index (χ4n) is 4.34. The molecule has 0 aliphatic heterocycles. The van der Waals surface area contributed by atoms with E-state index in [1.54, 1.807) is 36.7 Å². The van der Waals surface area contributed by atoms with E-state index in [0.717, 1.165) is 36.6 Å². The summed E-state index contributed by atoms with van der Waals surface area (Å²) in [6, 6.07) is 10.4. The van der Waals surface area contributed by atoms with E-state index in [2.05, 4.69) is 22.2 Å². The molecule has 1 fully saturated rings. The van der Waals surface area contributed by atoms with Crippen LogP contribution in [-0.4, -0.2) is 21.9 Å². The van der Waals surface area contributed by atoms with Gasteiger partial charge in [0.05, 0.1) is 5.52 Å². The second kappa shape index (κ2) is 8.05. The monoisotopic (exact) mass is 377 g/mol. The van der Waals surface area contributed by atoms with Gasteiger partial charge in [-0.1, -0.05) is 0 Å². The first kappa shape index (κ1) is 18.5. The molecule has 1 aliphatic carbocycles.